The van der Waals surface area contributed by atoms with E-state index >= 15 is 0 Å². The molecule has 216 valence electrons. The fourth-order valence-electron chi connectivity index (χ4n) is 7.50. The lowest BCUT2D eigenvalue weighted by molar-refractivity contribution is 0.669. The fraction of sp³-hybridized carbons (Fsp3) is 0.0698. The molecule has 0 fully saturated rings. The SMILES string of the molecule is CC(C)c1ccc2ccc3ccc(-c4cc5c6ccccc6c6cc7c(cc6c5c5ccccc45)oc4ccccc47)nc3c2n1. The van der Waals surface area contributed by atoms with E-state index in [0.717, 1.165) is 60.7 Å². The molecule has 3 heterocycles. The number of hydrogen-bond donors (Lipinski definition) is 0. The van der Waals surface area contributed by atoms with E-state index in [0.29, 0.717) is 5.92 Å². The van der Waals surface area contributed by atoms with Gasteiger partial charge in [-0.1, -0.05) is 105 Å². The minimum absolute atomic E-state index is 0.344. The van der Waals surface area contributed by atoms with Crippen molar-refractivity contribution in [2.45, 2.75) is 19.8 Å². The molecule has 0 bridgehead atoms. The summed E-state index contributed by atoms with van der Waals surface area (Å²) in [6.45, 7) is 4.37. The molecule has 10 aromatic rings. The van der Waals surface area contributed by atoms with Crippen LogP contribution in [0.3, 0.4) is 0 Å². The molecule has 0 amide bonds. The second kappa shape index (κ2) is 9.35. The first kappa shape index (κ1) is 25.5. The third-order valence-electron chi connectivity index (χ3n) is 9.75. The molecule has 0 atom stereocenters. The molecule has 0 saturated carbocycles. The molecule has 0 spiro atoms. The molecule has 3 nitrogen and oxygen atoms in total. The standard InChI is InChI=1S/C43H28N2O/c1-24(2)37-19-17-25-15-16-26-18-20-38(45-43(26)42(25)44-37)33-22-35-28-10-4-3-9-27(28)32-21-34-30-12-7-8-14-39(30)46-40(34)23-36(32)41(35)31-13-6-5-11-29(31)33/h3-24H,1-2H3. The predicted molar refractivity (Wildman–Crippen MR) is 194 cm³/mol. The van der Waals surface area contributed by atoms with Crippen molar-refractivity contribution in [3.63, 3.8) is 0 Å². The lowest BCUT2D eigenvalue weighted by Crippen LogP contribution is -1.95. The first-order valence-corrected chi connectivity index (χ1v) is 15.9. The maximum Gasteiger partial charge on any atom is 0.136 e. The van der Waals surface area contributed by atoms with Gasteiger partial charge in [0.2, 0.25) is 0 Å². The van der Waals surface area contributed by atoms with E-state index < -0.39 is 0 Å². The Balaban J connectivity index is 1.34. The van der Waals surface area contributed by atoms with E-state index in [4.69, 9.17) is 14.4 Å². The van der Waals surface area contributed by atoms with Gasteiger partial charge in [0.25, 0.3) is 0 Å². The van der Waals surface area contributed by atoms with Crippen LogP contribution in [0.5, 0.6) is 0 Å². The molecule has 0 saturated heterocycles. The molecule has 0 aliphatic carbocycles. The Bertz CT molecular complexity index is 2900. The molecule has 0 aliphatic heterocycles. The van der Waals surface area contributed by atoms with Gasteiger partial charge in [0.05, 0.1) is 16.7 Å². The quantitative estimate of drug-likeness (QED) is 0.189. The summed E-state index contributed by atoms with van der Waals surface area (Å²) in [6, 6.07) is 45.8. The highest BCUT2D eigenvalue weighted by Gasteiger charge is 2.18. The zero-order valence-corrected chi connectivity index (χ0v) is 25.5. The molecule has 0 N–H and O–H groups in total. The molecule has 10 rings (SSSR count). The average molecular weight is 589 g/mol. The fourth-order valence-corrected chi connectivity index (χ4v) is 7.50. The van der Waals surface area contributed by atoms with Crippen molar-refractivity contribution in [1.29, 1.82) is 0 Å². The average Bonchev–Trinajstić information content (AvgIpc) is 3.47. The normalized spacial score (nSPS) is 12.3. The van der Waals surface area contributed by atoms with E-state index in [9.17, 15) is 0 Å². The number of hydrogen-bond acceptors (Lipinski definition) is 3. The highest BCUT2D eigenvalue weighted by atomic mass is 16.3. The number of fused-ring (bicyclic) bond motifs is 14. The van der Waals surface area contributed by atoms with Crippen LogP contribution < -0.4 is 0 Å². The molecule has 7 aromatic carbocycles. The van der Waals surface area contributed by atoms with Gasteiger partial charge in [-0.2, -0.15) is 0 Å². The van der Waals surface area contributed by atoms with Crippen molar-refractivity contribution >= 4 is 86.8 Å². The van der Waals surface area contributed by atoms with Crippen LogP contribution in [-0.2, 0) is 0 Å². The van der Waals surface area contributed by atoms with Gasteiger partial charge >= 0.3 is 0 Å². The molecule has 3 aromatic heterocycles. The molecular formula is C43H28N2O. The van der Waals surface area contributed by atoms with E-state index in [1.54, 1.807) is 0 Å². The Labute approximate surface area is 264 Å². The lowest BCUT2D eigenvalue weighted by Gasteiger charge is -2.16. The van der Waals surface area contributed by atoms with Gasteiger partial charge in [-0.3, -0.25) is 4.98 Å². The largest absolute Gasteiger partial charge is 0.456 e. The summed E-state index contributed by atoms with van der Waals surface area (Å²) in [6.07, 6.45) is 0. The number of aromatic nitrogens is 2. The lowest BCUT2D eigenvalue weighted by atomic mass is 9.88. The molecule has 0 unspecified atom stereocenters. The summed E-state index contributed by atoms with van der Waals surface area (Å²) in [5.41, 5.74) is 6.89. The molecular weight excluding hydrogens is 560 g/mol. The molecule has 46 heavy (non-hydrogen) atoms. The Morgan fingerprint density at radius 1 is 0.457 bits per heavy atom. The predicted octanol–water partition coefficient (Wildman–Crippen LogP) is 12.1. The zero-order chi connectivity index (χ0) is 30.5. The van der Waals surface area contributed by atoms with Gasteiger partial charge in [-0.15, -0.1) is 0 Å². The van der Waals surface area contributed by atoms with Crippen LogP contribution in [0.4, 0.5) is 0 Å². The van der Waals surface area contributed by atoms with Crippen LogP contribution in [0.2, 0.25) is 0 Å². The Kier molecular flexibility index (Phi) is 5.19. The summed E-state index contributed by atoms with van der Waals surface area (Å²) >= 11 is 0. The monoisotopic (exact) mass is 588 g/mol. The Morgan fingerprint density at radius 2 is 1.07 bits per heavy atom. The van der Waals surface area contributed by atoms with Crippen LogP contribution in [0.15, 0.2) is 132 Å². The van der Waals surface area contributed by atoms with Gasteiger partial charge in [-0.25, -0.2) is 4.98 Å². The smallest absolute Gasteiger partial charge is 0.136 e. The van der Waals surface area contributed by atoms with E-state index in [1.807, 2.05) is 6.07 Å². The molecule has 0 aliphatic rings. The Morgan fingerprint density at radius 3 is 1.85 bits per heavy atom. The van der Waals surface area contributed by atoms with Crippen molar-refractivity contribution < 1.29 is 4.42 Å². The number of rotatable bonds is 2. The van der Waals surface area contributed by atoms with Crippen LogP contribution in [0.25, 0.3) is 98.1 Å². The zero-order valence-electron chi connectivity index (χ0n) is 25.5. The summed E-state index contributed by atoms with van der Waals surface area (Å²) in [5.74, 6) is 0.344. The van der Waals surface area contributed by atoms with Crippen LogP contribution >= 0.6 is 0 Å². The summed E-state index contributed by atoms with van der Waals surface area (Å²) < 4.78 is 6.41. The highest BCUT2D eigenvalue weighted by Crippen LogP contribution is 2.45. The van der Waals surface area contributed by atoms with Gasteiger partial charge in [-0.05, 0) is 85.4 Å². The van der Waals surface area contributed by atoms with Gasteiger partial charge in [0, 0.05) is 32.8 Å². The van der Waals surface area contributed by atoms with Crippen LogP contribution in [0.1, 0.15) is 25.5 Å². The minimum atomic E-state index is 0.344. The molecule has 0 radical (unpaired) electrons. The second-order valence-electron chi connectivity index (χ2n) is 12.7. The van der Waals surface area contributed by atoms with E-state index in [1.165, 1.54) is 43.1 Å². The number of nitrogens with zero attached hydrogens (tertiary/aromatic N) is 2. The number of pyridine rings is 2. The summed E-state index contributed by atoms with van der Waals surface area (Å²) in [4.78, 5) is 10.5. The van der Waals surface area contributed by atoms with Crippen LogP contribution in [0, 0.1) is 0 Å². The highest BCUT2D eigenvalue weighted by molar-refractivity contribution is 6.34. The number of para-hydroxylation sites is 1. The van der Waals surface area contributed by atoms with Gasteiger partial charge < -0.3 is 4.42 Å². The summed E-state index contributed by atoms with van der Waals surface area (Å²) in [5, 5.41) is 14.3. The third-order valence-corrected chi connectivity index (χ3v) is 9.75. The summed E-state index contributed by atoms with van der Waals surface area (Å²) in [7, 11) is 0. The Hall–Kier alpha value is -5.80. The topological polar surface area (TPSA) is 38.9 Å². The van der Waals surface area contributed by atoms with Crippen molar-refractivity contribution in [3.05, 3.63) is 133 Å². The second-order valence-corrected chi connectivity index (χ2v) is 12.7. The maximum absolute atomic E-state index is 6.41. The first-order valence-electron chi connectivity index (χ1n) is 15.9. The van der Waals surface area contributed by atoms with Crippen molar-refractivity contribution in [2.75, 3.05) is 0 Å². The van der Waals surface area contributed by atoms with Gasteiger partial charge in [0.15, 0.2) is 0 Å². The van der Waals surface area contributed by atoms with Crippen molar-refractivity contribution in [1.82, 2.24) is 9.97 Å². The third kappa shape index (κ3) is 3.54. The first-order chi connectivity index (χ1) is 22.6. The van der Waals surface area contributed by atoms with Gasteiger partial charge in [0.1, 0.15) is 11.2 Å². The van der Waals surface area contributed by atoms with Crippen LogP contribution in [-0.4, -0.2) is 9.97 Å². The number of furan rings is 1. The maximum atomic E-state index is 6.41. The minimum Gasteiger partial charge on any atom is -0.456 e. The van der Waals surface area contributed by atoms with E-state index in [2.05, 4.69) is 135 Å². The van der Waals surface area contributed by atoms with Crippen molar-refractivity contribution in [2.24, 2.45) is 0 Å². The van der Waals surface area contributed by atoms with E-state index in [-0.39, 0.29) is 0 Å². The molecule has 3 heteroatoms. The number of benzene rings is 7. The van der Waals surface area contributed by atoms with Crippen molar-refractivity contribution in [3.8, 4) is 11.3 Å².